The van der Waals surface area contributed by atoms with E-state index in [0.717, 1.165) is 32.0 Å². The molecule has 5 heteroatoms. The van der Waals surface area contributed by atoms with E-state index in [4.69, 9.17) is 0 Å². The van der Waals surface area contributed by atoms with E-state index in [0.29, 0.717) is 11.4 Å². The first-order valence-corrected chi connectivity index (χ1v) is 6.38. The van der Waals surface area contributed by atoms with Gasteiger partial charge in [-0.3, -0.25) is 0 Å². The lowest BCUT2D eigenvalue weighted by molar-refractivity contribution is 0.584. The molecule has 1 saturated heterocycles. The average molecular weight is 258 g/mol. The molecule has 0 unspecified atom stereocenters. The predicted octanol–water partition coefficient (Wildman–Crippen LogP) is 1.69. The molecule has 0 saturated carbocycles. The van der Waals surface area contributed by atoms with Crippen LogP contribution in [0.25, 0.3) is 11.4 Å². The third-order valence-corrected chi connectivity index (χ3v) is 3.20. The minimum Gasteiger partial charge on any atom is -0.354 e. The van der Waals surface area contributed by atoms with Crippen LogP contribution in [-0.2, 0) is 0 Å². The fourth-order valence-electron chi connectivity index (χ4n) is 2.19. The summed E-state index contributed by atoms with van der Waals surface area (Å²) in [6.07, 6.45) is 1.69. The molecular weight excluding hydrogens is 243 g/mol. The van der Waals surface area contributed by atoms with E-state index >= 15 is 0 Å². The molecule has 0 spiro atoms. The molecule has 19 heavy (non-hydrogen) atoms. The standard InChI is InChI=1S/C14H15FN4/c15-12-4-2-1-3-11(12)14-17-6-5-13(18-14)19-9-7-16-8-10-19/h1-6,16H,7-10H2. The molecule has 1 aliphatic heterocycles. The highest BCUT2D eigenvalue weighted by molar-refractivity contribution is 5.58. The Kier molecular flexibility index (Phi) is 3.37. The number of aromatic nitrogens is 2. The lowest BCUT2D eigenvalue weighted by atomic mass is 10.2. The van der Waals surface area contributed by atoms with Crippen LogP contribution in [0.2, 0.25) is 0 Å². The second kappa shape index (κ2) is 5.32. The maximum atomic E-state index is 13.7. The third-order valence-electron chi connectivity index (χ3n) is 3.20. The van der Waals surface area contributed by atoms with Crippen molar-refractivity contribution in [2.45, 2.75) is 0 Å². The summed E-state index contributed by atoms with van der Waals surface area (Å²) in [5.74, 6) is 1.00. The second-order valence-electron chi connectivity index (χ2n) is 4.46. The van der Waals surface area contributed by atoms with Crippen molar-refractivity contribution in [3.63, 3.8) is 0 Å². The summed E-state index contributed by atoms with van der Waals surface area (Å²) in [5.41, 5.74) is 0.444. The lowest BCUT2D eigenvalue weighted by Gasteiger charge is -2.28. The van der Waals surface area contributed by atoms with Crippen molar-refractivity contribution < 1.29 is 4.39 Å². The summed E-state index contributed by atoms with van der Waals surface area (Å²) in [6, 6.07) is 8.45. The van der Waals surface area contributed by atoms with Crippen LogP contribution < -0.4 is 10.2 Å². The summed E-state index contributed by atoms with van der Waals surface area (Å²) in [6.45, 7) is 3.71. The first-order chi connectivity index (χ1) is 9.34. The Balaban J connectivity index is 1.93. The number of hydrogen-bond donors (Lipinski definition) is 1. The maximum absolute atomic E-state index is 13.7. The molecule has 0 aliphatic carbocycles. The number of hydrogen-bond acceptors (Lipinski definition) is 4. The molecule has 3 rings (SSSR count). The Labute approximate surface area is 111 Å². The van der Waals surface area contributed by atoms with Crippen LogP contribution >= 0.6 is 0 Å². The van der Waals surface area contributed by atoms with Crippen molar-refractivity contribution in [2.75, 3.05) is 31.1 Å². The molecule has 1 aliphatic rings. The van der Waals surface area contributed by atoms with Gasteiger partial charge < -0.3 is 10.2 Å². The third kappa shape index (κ3) is 2.56. The van der Waals surface area contributed by atoms with Crippen LogP contribution in [0.15, 0.2) is 36.5 Å². The number of piperazine rings is 1. The van der Waals surface area contributed by atoms with Crippen LogP contribution in [0.5, 0.6) is 0 Å². The molecule has 1 fully saturated rings. The van der Waals surface area contributed by atoms with Crippen molar-refractivity contribution in [3.8, 4) is 11.4 Å². The van der Waals surface area contributed by atoms with E-state index < -0.39 is 0 Å². The summed E-state index contributed by atoms with van der Waals surface area (Å²) < 4.78 is 13.7. The van der Waals surface area contributed by atoms with Crippen LogP contribution in [-0.4, -0.2) is 36.1 Å². The minimum absolute atomic E-state index is 0.292. The van der Waals surface area contributed by atoms with Gasteiger partial charge in [-0.1, -0.05) is 12.1 Å². The topological polar surface area (TPSA) is 41.1 Å². The van der Waals surface area contributed by atoms with Crippen molar-refractivity contribution in [3.05, 3.63) is 42.3 Å². The van der Waals surface area contributed by atoms with Gasteiger partial charge in [-0.05, 0) is 18.2 Å². The molecule has 0 amide bonds. The van der Waals surface area contributed by atoms with Crippen molar-refractivity contribution in [2.24, 2.45) is 0 Å². The molecule has 0 atom stereocenters. The summed E-state index contributed by atoms with van der Waals surface area (Å²) in [4.78, 5) is 10.8. The van der Waals surface area contributed by atoms with E-state index in [9.17, 15) is 4.39 Å². The highest BCUT2D eigenvalue weighted by Crippen LogP contribution is 2.21. The normalized spacial score (nSPS) is 15.5. The van der Waals surface area contributed by atoms with Gasteiger partial charge in [0, 0.05) is 32.4 Å². The molecule has 4 nitrogen and oxygen atoms in total. The number of rotatable bonds is 2. The molecular formula is C14H15FN4. The van der Waals surface area contributed by atoms with E-state index in [1.54, 1.807) is 24.4 Å². The fourth-order valence-corrected chi connectivity index (χ4v) is 2.19. The highest BCUT2D eigenvalue weighted by Gasteiger charge is 2.14. The quantitative estimate of drug-likeness (QED) is 0.890. The van der Waals surface area contributed by atoms with Crippen molar-refractivity contribution in [1.82, 2.24) is 15.3 Å². The monoisotopic (exact) mass is 258 g/mol. The zero-order valence-corrected chi connectivity index (χ0v) is 10.5. The molecule has 0 radical (unpaired) electrons. The van der Waals surface area contributed by atoms with Crippen molar-refractivity contribution in [1.29, 1.82) is 0 Å². The van der Waals surface area contributed by atoms with Crippen LogP contribution in [0.3, 0.4) is 0 Å². The Morgan fingerprint density at radius 1 is 1.11 bits per heavy atom. The average Bonchev–Trinajstić information content (AvgIpc) is 2.49. The zero-order valence-electron chi connectivity index (χ0n) is 10.5. The van der Waals surface area contributed by atoms with E-state index in [-0.39, 0.29) is 5.82 Å². The first kappa shape index (κ1) is 12.0. The van der Waals surface area contributed by atoms with Crippen LogP contribution in [0.1, 0.15) is 0 Å². The van der Waals surface area contributed by atoms with Crippen molar-refractivity contribution >= 4 is 5.82 Å². The molecule has 98 valence electrons. The second-order valence-corrected chi connectivity index (χ2v) is 4.46. The Hall–Kier alpha value is -2.01. The van der Waals surface area contributed by atoms with E-state index in [1.165, 1.54) is 6.07 Å². The number of anilines is 1. The predicted molar refractivity (Wildman–Crippen MR) is 72.5 cm³/mol. The molecule has 2 heterocycles. The van der Waals surface area contributed by atoms with E-state index in [1.807, 2.05) is 6.07 Å². The number of halogens is 1. The Morgan fingerprint density at radius 2 is 1.89 bits per heavy atom. The minimum atomic E-state index is -0.292. The molecule has 0 bridgehead atoms. The smallest absolute Gasteiger partial charge is 0.164 e. The molecule has 1 N–H and O–H groups in total. The van der Waals surface area contributed by atoms with Gasteiger partial charge in [0.05, 0.1) is 5.56 Å². The van der Waals surface area contributed by atoms with Gasteiger partial charge in [-0.25, -0.2) is 14.4 Å². The number of nitrogens with zero attached hydrogens (tertiary/aromatic N) is 3. The summed E-state index contributed by atoms with van der Waals surface area (Å²) in [5, 5.41) is 3.29. The van der Waals surface area contributed by atoms with Gasteiger partial charge in [0.1, 0.15) is 11.6 Å². The maximum Gasteiger partial charge on any atom is 0.164 e. The largest absolute Gasteiger partial charge is 0.354 e. The molecule has 1 aromatic heterocycles. The van der Waals surface area contributed by atoms with Gasteiger partial charge in [0.2, 0.25) is 0 Å². The Morgan fingerprint density at radius 3 is 2.68 bits per heavy atom. The highest BCUT2D eigenvalue weighted by atomic mass is 19.1. The zero-order chi connectivity index (χ0) is 13.1. The number of benzene rings is 1. The van der Waals surface area contributed by atoms with Gasteiger partial charge >= 0.3 is 0 Å². The van der Waals surface area contributed by atoms with E-state index in [2.05, 4.69) is 20.2 Å². The van der Waals surface area contributed by atoms with Gasteiger partial charge in [0.25, 0.3) is 0 Å². The molecule has 1 aromatic carbocycles. The fraction of sp³-hybridized carbons (Fsp3) is 0.286. The van der Waals surface area contributed by atoms with Crippen LogP contribution in [0.4, 0.5) is 10.2 Å². The van der Waals surface area contributed by atoms with Gasteiger partial charge in [-0.2, -0.15) is 0 Å². The lowest BCUT2D eigenvalue weighted by Crippen LogP contribution is -2.43. The SMILES string of the molecule is Fc1ccccc1-c1nccc(N2CCNCC2)n1. The van der Waals surface area contributed by atoms with Gasteiger partial charge in [-0.15, -0.1) is 0 Å². The van der Waals surface area contributed by atoms with Crippen LogP contribution in [0, 0.1) is 5.82 Å². The molecule has 2 aromatic rings. The first-order valence-electron chi connectivity index (χ1n) is 6.38. The summed E-state index contributed by atoms with van der Waals surface area (Å²) >= 11 is 0. The van der Waals surface area contributed by atoms with Gasteiger partial charge in [0.15, 0.2) is 5.82 Å². The number of nitrogens with one attached hydrogen (secondary N) is 1. The Bertz CT molecular complexity index is 567. The summed E-state index contributed by atoms with van der Waals surface area (Å²) in [7, 11) is 0.